The van der Waals surface area contributed by atoms with Crippen molar-refractivity contribution in [3.8, 4) is 11.1 Å². The Morgan fingerprint density at radius 3 is 2.36 bits per heavy atom. The van der Waals surface area contributed by atoms with Crippen LogP contribution in [0.5, 0.6) is 0 Å². The molecule has 3 unspecified atom stereocenters. The number of carbonyl (C=O) groups excluding carboxylic acids is 2. The van der Waals surface area contributed by atoms with Gasteiger partial charge in [0.25, 0.3) is 5.91 Å². The SMILES string of the molecule is CC(ONC(=O)C1OCCC1CNC(=O)OCC1c2ccccc2-c2ccccc21)C(=O)O. The van der Waals surface area contributed by atoms with Crippen LogP contribution in [0, 0.1) is 5.92 Å². The average Bonchev–Trinajstić information content (AvgIpc) is 3.42. The number of rotatable bonds is 8. The molecule has 1 fully saturated rings. The van der Waals surface area contributed by atoms with Crippen LogP contribution in [0.4, 0.5) is 4.79 Å². The van der Waals surface area contributed by atoms with Crippen LogP contribution < -0.4 is 10.8 Å². The third-order valence-electron chi connectivity index (χ3n) is 6.01. The lowest BCUT2D eigenvalue weighted by Gasteiger charge is -2.19. The molecule has 0 radical (unpaired) electrons. The van der Waals surface area contributed by atoms with Crippen LogP contribution in [0.15, 0.2) is 48.5 Å². The molecule has 2 aromatic rings. The minimum Gasteiger partial charge on any atom is -0.479 e. The third kappa shape index (κ3) is 4.99. The van der Waals surface area contributed by atoms with E-state index in [1.165, 1.54) is 6.92 Å². The number of carboxylic acid groups (broad SMARTS) is 1. The van der Waals surface area contributed by atoms with Gasteiger partial charge in [0, 0.05) is 25.0 Å². The Bertz CT molecular complexity index is 995. The van der Waals surface area contributed by atoms with E-state index in [2.05, 4.69) is 22.9 Å². The van der Waals surface area contributed by atoms with Gasteiger partial charge in [-0.15, -0.1) is 0 Å². The predicted molar refractivity (Wildman–Crippen MR) is 117 cm³/mol. The molecule has 4 rings (SSSR count). The lowest BCUT2D eigenvalue weighted by molar-refractivity contribution is -0.162. The Labute approximate surface area is 191 Å². The Morgan fingerprint density at radius 2 is 1.73 bits per heavy atom. The molecule has 2 aromatic carbocycles. The smallest absolute Gasteiger partial charge is 0.407 e. The summed E-state index contributed by atoms with van der Waals surface area (Å²) in [7, 11) is 0. The molecule has 33 heavy (non-hydrogen) atoms. The van der Waals surface area contributed by atoms with Crippen LogP contribution in [-0.2, 0) is 23.9 Å². The van der Waals surface area contributed by atoms with Crippen molar-refractivity contribution in [2.75, 3.05) is 19.8 Å². The molecule has 2 aliphatic rings. The van der Waals surface area contributed by atoms with Crippen molar-refractivity contribution in [1.29, 1.82) is 0 Å². The number of fused-ring (bicyclic) bond motifs is 3. The lowest BCUT2D eigenvalue weighted by Crippen LogP contribution is -2.44. The zero-order valence-corrected chi connectivity index (χ0v) is 18.2. The van der Waals surface area contributed by atoms with Crippen LogP contribution >= 0.6 is 0 Å². The van der Waals surface area contributed by atoms with Crippen LogP contribution in [-0.4, -0.2) is 55.0 Å². The highest BCUT2D eigenvalue weighted by atomic mass is 16.7. The maximum atomic E-state index is 12.4. The summed E-state index contributed by atoms with van der Waals surface area (Å²) in [6, 6.07) is 16.2. The number of nitrogens with one attached hydrogen (secondary N) is 2. The van der Waals surface area contributed by atoms with E-state index in [1.807, 2.05) is 36.4 Å². The Balaban J connectivity index is 1.28. The van der Waals surface area contributed by atoms with E-state index >= 15 is 0 Å². The standard InChI is InChI=1S/C24H26N2O7/c1-14(23(28)29)33-26-22(27)21-15(10-11-31-21)12-25-24(30)32-13-20-18-8-4-2-6-16(18)17-7-3-5-9-19(17)20/h2-9,14-15,20-21H,10-13H2,1H3,(H,25,30)(H,26,27)(H,28,29). The number of hydrogen-bond donors (Lipinski definition) is 3. The largest absolute Gasteiger partial charge is 0.479 e. The second kappa shape index (κ2) is 10.0. The first-order valence-electron chi connectivity index (χ1n) is 10.8. The molecule has 3 N–H and O–H groups in total. The van der Waals surface area contributed by atoms with Crippen molar-refractivity contribution < 1.29 is 33.8 Å². The molecule has 1 aliphatic carbocycles. The molecule has 3 atom stereocenters. The number of benzene rings is 2. The number of amides is 2. The van der Waals surface area contributed by atoms with E-state index in [4.69, 9.17) is 19.4 Å². The van der Waals surface area contributed by atoms with E-state index in [0.717, 1.165) is 22.3 Å². The molecule has 1 saturated heterocycles. The van der Waals surface area contributed by atoms with E-state index in [-0.39, 0.29) is 25.0 Å². The summed E-state index contributed by atoms with van der Waals surface area (Å²) in [5, 5.41) is 11.5. The molecule has 0 spiro atoms. The molecule has 1 heterocycles. The van der Waals surface area contributed by atoms with E-state index in [0.29, 0.717) is 13.0 Å². The fraction of sp³-hybridized carbons (Fsp3) is 0.375. The van der Waals surface area contributed by atoms with Gasteiger partial charge in [-0.1, -0.05) is 48.5 Å². The van der Waals surface area contributed by atoms with Crippen LogP contribution in [0.3, 0.4) is 0 Å². The number of alkyl carbamates (subject to hydrolysis) is 1. The van der Waals surface area contributed by atoms with Crippen molar-refractivity contribution in [3.63, 3.8) is 0 Å². The van der Waals surface area contributed by atoms with Gasteiger partial charge in [-0.2, -0.15) is 0 Å². The number of hydrogen-bond acceptors (Lipinski definition) is 6. The van der Waals surface area contributed by atoms with Crippen LogP contribution in [0.2, 0.25) is 0 Å². The van der Waals surface area contributed by atoms with Crippen molar-refractivity contribution in [2.45, 2.75) is 31.5 Å². The molecule has 1 aliphatic heterocycles. The first-order chi connectivity index (χ1) is 16.0. The van der Waals surface area contributed by atoms with Crippen LogP contribution in [0.1, 0.15) is 30.4 Å². The summed E-state index contributed by atoms with van der Waals surface area (Å²) in [6.45, 7) is 2.03. The zero-order chi connectivity index (χ0) is 23.4. The summed E-state index contributed by atoms with van der Waals surface area (Å²) >= 11 is 0. The first-order valence-corrected chi connectivity index (χ1v) is 10.8. The second-order valence-electron chi connectivity index (χ2n) is 8.11. The second-order valence-corrected chi connectivity index (χ2v) is 8.11. The summed E-state index contributed by atoms with van der Waals surface area (Å²) in [6.07, 6.45) is -2.04. The van der Waals surface area contributed by atoms with Gasteiger partial charge < -0.3 is 19.9 Å². The molecule has 2 amide bonds. The molecular formula is C24H26N2O7. The highest BCUT2D eigenvalue weighted by Crippen LogP contribution is 2.44. The Morgan fingerprint density at radius 1 is 1.09 bits per heavy atom. The quantitative estimate of drug-likeness (QED) is 0.524. The van der Waals surface area contributed by atoms with Gasteiger partial charge >= 0.3 is 12.1 Å². The van der Waals surface area contributed by atoms with Gasteiger partial charge in [0.05, 0.1) is 0 Å². The van der Waals surface area contributed by atoms with E-state index in [1.54, 1.807) is 0 Å². The maximum absolute atomic E-state index is 12.4. The number of hydroxylamine groups is 1. The van der Waals surface area contributed by atoms with Crippen molar-refractivity contribution >= 4 is 18.0 Å². The third-order valence-corrected chi connectivity index (χ3v) is 6.01. The highest BCUT2D eigenvalue weighted by Gasteiger charge is 2.35. The molecule has 174 valence electrons. The highest BCUT2D eigenvalue weighted by molar-refractivity contribution is 5.81. The topological polar surface area (TPSA) is 123 Å². The molecule has 9 nitrogen and oxygen atoms in total. The van der Waals surface area contributed by atoms with Gasteiger partial charge in [-0.05, 0) is 35.6 Å². The summed E-state index contributed by atoms with van der Waals surface area (Å²) in [5.41, 5.74) is 6.67. The molecule has 9 heteroatoms. The number of ether oxygens (including phenoxy) is 2. The molecule has 0 saturated carbocycles. The number of aliphatic carboxylic acids is 1. The van der Waals surface area contributed by atoms with Gasteiger partial charge in [-0.25, -0.2) is 15.1 Å². The van der Waals surface area contributed by atoms with Gasteiger partial charge in [-0.3, -0.25) is 9.63 Å². The van der Waals surface area contributed by atoms with E-state index in [9.17, 15) is 14.4 Å². The zero-order valence-electron chi connectivity index (χ0n) is 18.2. The fourth-order valence-electron chi connectivity index (χ4n) is 4.25. The van der Waals surface area contributed by atoms with Gasteiger partial charge in [0.1, 0.15) is 12.7 Å². The van der Waals surface area contributed by atoms with Crippen LogP contribution in [0.25, 0.3) is 11.1 Å². The minimum absolute atomic E-state index is 0.0372. The fourth-order valence-corrected chi connectivity index (χ4v) is 4.25. The molecule has 0 aromatic heterocycles. The summed E-state index contributed by atoms with van der Waals surface area (Å²) < 4.78 is 11.0. The summed E-state index contributed by atoms with van der Waals surface area (Å²) in [4.78, 5) is 40.3. The minimum atomic E-state index is -1.20. The molecular weight excluding hydrogens is 428 g/mol. The summed E-state index contributed by atoms with van der Waals surface area (Å²) in [5.74, 6) is -2.10. The van der Waals surface area contributed by atoms with Gasteiger partial charge in [0.15, 0.2) is 6.10 Å². The van der Waals surface area contributed by atoms with Crippen molar-refractivity contribution in [3.05, 3.63) is 59.7 Å². The first kappa shape index (κ1) is 22.8. The lowest BCUT2D eigenvalue weighted by atomic mass is 9.98. The number of carboxylic acids is 1. The van der Waals surface area contributed by atoms with Crippen molar-refractivity contribution in [2.24, 2.45) is 5.92 Å². The maximum Gasteiger partial charge on any atom is 0.407 e. The predicted octanol–water partition coefficient (Wildman–Crippen LogP) is 2.45. The van der Waals surface area contributed by atoms with Gasteiger partial charge in [0.2, 0.25) is 0 Å². The van der Waals surface area contributed by atoms with Crippen molar-refractivity contribution in [1.82, 2.24) is 10.8 Å². The Hall–Kier alpha value is -3.43. The molecule has 0 bridgehead atoms. The average molecular weight is 454 g/mol. The monoisotopic (exact) mass is 454 g/mol. The number of carbonyl (C=O) groups is 3. The van der Waals surface area contributed by atoms with E-state index < -0.39 is 30.2 Å². The Kier molecular flexibility index (Phi) is 6.90. The normalized spacial score (nSPS) is 19.9.